The first-order chi connectivity index (χ1) is 10.4. The van der Waals surface area contributed by atoms with Crippen LogP contribution < -0.4 is 14.2 Å². The number of aromatic nitrogens is 2. The number of hydrogen-bond donors (Lipinski definition) is 1. The van der Waals surface area contributed by atoms with Gasteiger partial charge in [0, 0.05) is 18.8 Å². The molecular weight excluding hydrogens is 330 g/mol. The van der Waals surface area contributed by atoms with E-state index in [1.165, 1.54) is 43.4 Å². The van der Waals surface area contributed by atoms with Gasteiger partial charge in [-0.15, -0.1) is 0 Å². The molecule has 22 heavy (non-hydrogen) atoms. The van der Waals surface area contributed by atoms with E-state index in [2.05, 4.69) is 9.82 Å². The smallest absolute Gasteiger partial charge is 0.265 e. The SMILES string of the molecule is CCn1cc(S(=O)(=O)Nc2cc(Cl)c(OC)cc2OC)cn1. The van der Waals surface area contributed by atoms with Crippen molar-refractivity contribution in [1.82, 2.24) is 9.78 Å². The molecule has 0 aliphatic heterocycles. The molecule has 1 heterocycles. The number of sulfonamides is 1. The Balaban J connectivity index is 2.38. The lowest BCUT2D eigenvalue weighted by molar-refractivity contribution is 0.396. The minimum absolute atomic E-state index is 0.0587. The van der Waals surface area contributed by atoms with E-state index in [1.807, 2.05) is 6.92 Å². The molecule has 1 N–H and O–H groups in total. The molecule has 0 aliphatic carbocycles. The van der Waals surface area contributed by atoms with Crippen LogP contribution in [0, 0.1) is 0 Å². The highest BCUT2D eigenvalue weighted by molar-refractivity contribution is 7.92. The van der Waals surface area contributed by atoms with Gasteiger partial charge in [-0.3, -0.25) is 9.40 Å². The third-order valence-electron chi connectivity index (χ3n) is 2.96. The summed E-state index contributed by atoms with van der Waals surface area (Å²) in [5.41, 5.74) is 0.220. The van der Waals surface area contributed by atoms with Crippen molar-refractivity contribution in [2.24, 2.45) is 0 Å². The molecule has 120 valence electrons. The molecule has 0 aliphatic rings. The molecule has 0 spiro atoms. The van der Waals surface area contributed by atoms with Gasteiger partial charge < -0.3 is 9.47 Å². The molecule has 1 aromatic carbocycles. The van der Waals surface area contributed by atoms with Gasteiger partial charge in [0.25, 0.3) is 10.0 Å². The first kappa shape index (κ1) is 16.4. The molecule has 0 bridgehead atoms. The van der Waals surface area contributed by atoms with Crippen molar-refractivity contribution in [2.45, 2.75) is 18.4 Å². The van der Waals surface area contributed by atoms with Gasteiger partial charge in [0.15, 0.2) is 0 Å². The number of aryl methyl sites for hydroxylation is 1. The minimum atomic E-state index is -3.78. The maximum absolute atomic E-state index is 12.4. The number of rotatable bonds is 6. The van der Waals surface area contributed by atoms with Gasteiger partial charge in [0.1, 0.15) is 16.4 Å². The molecule has 0 radical (unpaired) electrons. The van der Waals surface area contributed by atoms with Crippen LogP contribution in [0.4, 0.5) is 5.69 Å². The Morgan fingerprint density at radius 1 is 1.27 bits per heavy atom. The Bertz CT molecular complexity index is 774. The predicted molar refractivity (Wildman–Crippen MR) is 83.3 cm³/mol. The average molecular weight is 346 g/mol. The van der Waals surface area contributed by atoms with Crippen LogP contribution >= 0.6 is 11.6 Å². The quantitative estimate of drug-likeness (QED) is 0.869. The minimum Gasteiger partial charge on any atom is -0.495 e. The third kappa shape index (κ3) is 3.28. The third-order valence-corrected chi connectivity index (χ3v) is 4.58. The van der Waals surface area contributed by atoms with Crippen LogP contribution in [0.2, 0.25) is 5.02 Å². The van der Waals surface area contributed by atoms with Gasteiger partial charge in [-0.1, -0.05) is 11.6 Å². The lowest BCUT2D eigenvalue weighted by Gasteiger charge is -2.13. The highest BCUT2D eigenvalue weighted by Gasteiger charge is 2.20. The molecule has 0 atom stereocenters. The molecule has 0 unspecified atom stereocenters. The fraction of sp³-hybridized carbons (Fsp3) is 0.308. The highest BCUT2D eigenvalue weighted by atomic mass is 35.5. The van der Waals surface area contributed by atoms with Crippen LogP contribution in [0.5, 0.6) is 11.5 Å². The van der Waals surface area contributed by atoms with Crippen molar-refractivity contribution >= 4 is 27.3 Å². The van der Waals surface area contributed by atoms with Gasteiger partial charge in [0.05, 0.1) is 31.1 Å². The number of benzene rings is 1. The van der Waals surface area contributed by atoms with Gasteiger partial charge in [0.2, 0.25) is 0 Å². The van der Waals surface area contributed by atoms with Crippen LogP contribution in [-0.4, -0.2) is 32.4 Å². The molecule has 7 nitrogen and oxygen atoms in total. The Kier molecular flexibility index (Phi) is 4.82. The zero-order chi connectivity index (χ0) is 16.3. The first-order valence-corrected chi connectivity index (χ1v) is 8.24. The second-order valence-corrected chi connectivity index (χ2v) is 6.41. The van der Waals surface area contributed by atoms with Crippen LogP contribution in [-0.2, 0) is 16.6 Å². The van der Waals surface area contributed by atoms with Crippen molar-refractivity contribution in [3.8, 4) is 11.5 Å². The lowest BCUT2D eigenvalue weighted by atomic mass is 10.3. The Labute approximate surface area is 133 Å². The maximum Gasteiger partial charge on any atom is 0.265 e. The summed E-state index contributed by atoms with van der Waals surface area (Å²) in [6.07, 6.45) is 2.73. The van der Waals surface area contributed by atoms with E-state index < -0.39 is 10.0 Å². The van der Waals surface area contributed by atoms with E-state index in [0.717, 1.165) is 0 Å². The summed E-state index contributed by atoms with van der Waals surface area (Å²) in [6, 6.07) is 2.94. The van der Waals surface area contributed by atoms with Crippen LogP contribution in [0.1, 0.15) is 6.92 Å². The standard InChI is InChI=1S/C13H16ClN3O4S/c1-4-17-8-9(7-15-17)22(18,19)16-11-5-10(14)12(20-2)6-13(11)21-3/h5-8,16H,4H2,1-3H3. The van der Waals surface area contributed by atoms with Gasteiger partial charge in [-0.2, -0.15) is 5.10 Å². The number of nitrogens with zero attached hydrogens (tertiary/aromatic N) is 2. The lowest BCUT2D eigenvalue weighted by Crippen LogP contribution is -2.13. The van der Waals surface area contributed by atoms with E-state index in [0.29, 0.717) is 18.0 Å². The molecule has 0 fully saturated rings. The Hall–Kier alpha value is -1.93. The zero-order valence-corrected chi connectivity index (χ0v) is 13.9. The van der Waals surface area contributed by atoms with Gasteiger partial charge >= 0.3 is 0 Å². The maximum atomic E-state index is 12.4. The number of ether oxygens (including phenoxy) is 2. The fourth-order valence-electron chi connectivity index (χ4n) is 1.80. The Morgan fingerprint density at radius 2 is 1.95 bits per heavy atom. The number of nitrogens with one attached hydrogen (secondary N) is 1. The topological polar surface area (TPSA) is 82.5 Å². The summed E-state index contributed by atoms with van der Waals surface area (Å²) < 4.78 is 38.9. The summed E-state index contributed by atoms with van der Waals surface area (Å²) >= 11 is 6.03. The van der Waals surface area contributed by atoms with Crippen molar-refractivity contribution in [3.63, 3.8) is 0 Å². The largest absolute Gasteiger partial charge is 0.495 e. The summed E-state index contributed by atoms with van der Waals surface area (Å²) in [6.45, 7) is 2.44. The zero-order valence-electron chi connectivity index (χ0n) is 12.3. The molecule has 2 rings (SSSR count). The van der Waals surface area contributed by atoms with E-state index in [1.54, 1.807) is 0 Å². The average Bonchev–Trinajstić information content (AvgIpc) is 2.97. The molecule has 0 saturated heterocycles. The van der Waals surface area contributed by atoms with Crippen molar-refractivity contribution < 1.29 is 17.9 Å². The molecule has 2 aromatic rings. The predicted octanol–water partition coefficient (Wildman–Crippen LogP) is 2.37. The molecule has 0 saturated carbocycles. The molecular formula is C13H16ClN3O4S. The molecule has 9 heteroatoms. The second kappa shape index (κ2) is 6.45. The van der Waals surface area contributed by atoms with E-state index in [-0.39, 0.29) is 15.6 Å². The van der Waals surface area contributed by atoms with Crippen molar-refractivity contribution in [2.75, 3.05) is 18.9 Å². The van der Waals surface area contributed by atoms with Crippen molar-refractivity contribution in [1.29, 1.82) is 0 Å². The van der Waals surface area contributed by atoms with Crippen LogP contribution in [0.3, 0.4) is 0 Å². The number of methoxy groups -OCH3 is 2. The summed E-state index contributed by atoms with van der Waals surface area (Å²) in [7, 11) is -0.896. The monoisotopic (exact) mass is 345 g/mol. The Morgan fingerprint density at radius 3 is 2.50 bits per heavy atom. The number of halogens is 1. The van der Waals surface area contributed by atoms with Crippen LogP contribution in [0.25, 0.3) is 0 Å². The van der Waals surface area contributed by atoms with Gasteiger partial charge in [-0.25, -0.2) is 8.42 Å². The van der Waals surface area contributed by atoms with E-state index in [4.69, 9.17) is 21.1 Å². The van der Waals surface area contributed by atoms with Gasteiger partial charge in [-0.05, 0) is 13.0 Å². The fourth-order valence-corrected chi connectivity index (χ4v) is 3.05. The first-order valence-electron chi connectivity index (χ1n) is 6.38. The highest BCUT2D eigenvalue weighted by Crippen LogP contribution is 2.36. The molecule has 1 aromatic heterocycles. The number of anilines is 1. The summed E-state index contributed by atoms with van der Waals surface area (Å²) in [4.78, 5) is 0.0587. The van der Waals surface area contributed by atoms with Crippen LogP contribution in [0.15, 0.2) is 29.4 Å². The second-order valence-electron chi connectivity index (χ2n) is 4.32. The number of hydrogen-bond acceptors (Lipinski definition) is 5. The summed E-state index contributed by atoms with van der Waals surface area (Å²) in [5.74, 6) is 0.688. The van der Waals surface area contributed by atoms with E-state index >= 15 is 0 Å². The normalized spacial score (nSPS) is 11.3. The summed E-state index contributed by atoms with van der Waals surface area (Å²) in [5, 5.41) is 4.22. The molecule has 0 amide bonds. The van der Waals surface area contributed by atoms with Crippen molar-refractivity contribution in [3.05, 3.63) is 29.5 Å². The van der Waals surface area contributed by atoms with E-state index in [9.17, 15) is 8.42 Å².